The maximum atomic E-state index is 8.97. The average molecular weight is 470 g/mol. The van der Waals surface area contributed by atoms with Gasteiger partial charge in [-0.05, 0) is 50.2 Å². The van der Waals surface area contributed by atoms with Crippen LogP contribution in [0.3, 0.4) is 0 Å². The zero-order chi connectivity index (χ0) is 22.7. The van der Waals surface area contributed by atoms with Crippen molar-refractivity contribution in [3.63, 3.8) is 0 Å². The smallest absolute Gasteiger partial charge is 0.153 e. The number of rotatable bonds is 7. The summed E-state index contributed by atoms with van der Waals surface area (Å²) in [7, 11) is 4.08. The molecule has 3 N–H and O–H groups in total. The number of hydrazine groups is 1. The zero-order valence-corrected chi connectivity index (χ0v) is 19.9. The van der Waals surface area contributed by atoms with Crippen LogP contribution >= 0.6 is 23.8 Å². The van der Waals surface area contributed by atoms with Crippen LogP contribution in [0.4, 0.5) is 5.69 Å². The molecule has 0 saturated carbocycles. The van der Waals surface area contributed by atoms with Crippen LogP contribution in [0.25, 0.3) is 0 Å². The standard InChI is InChI=1S/C23H28ClN7S/c1-29-12-6-9-18(29)15-31-21(25)20(23(32)30(31)2)22(28-17-7-4-3-5-8-17)27-14-16-10-11-19(24)26-13-16/h3-5,7-8,10-11,13,18,25,27-28H,6,9,12,14-15H2,1-2H3/b22-20-,25-21?. The SMILES string of the molecule is CN1CCCC1CN1C(=N)/C(=C(\NCc2ccc(Cl)nc2)Nc2ccccc2)C(=S)N1C. The first kappa shape index (κ1) is 22.5. The molecule has 0 spiro atoms. The van der Waals surface area contributed by atoms with E-state index >= 15 is 0 Å². The molecule has 0 aliphatic carbocycles. The number of halogens is 1. The van der Waals surface area contributed by atoms with Gasteiger partial charge in [-0.2, -0.15) is 0 Å². The fourth-order valence-electron chi connectivity index (χ4n) is 4.06. The lowest BCUT2D eigenvalue weighted by molar-refractivity contribution is 0.137. The van der Waals surface area contributed by atoms with Gasteiger partial charge < -0.3 is 15.5 Å². The molecule has 0 amide bonds. The van der Waals surface area contributed by atoms with Crippen molar-refractivity contribution in [1.29, 1.82) is 5.41 Å². The molecule has 7 nitrogen and oxygen atoms in total. The van der Waals surface area contributed by atoms with Gasteiger partial charge in [0.25, 0.3) is 0 Å². The van der Waals surface area contributed by atoms with Gasteiger partial charge in [0.1, 0.15) is 16.0 Å². The van der Waals surface area contributed by atoms with Crippen LogP contribution in [0.15, 0.2) is 60.1 Å². The highest BCUT2D eigenvalue weighted by Gasteiger charge is 2.37. The first-order valence-corrected chi connectivity index (χ1v) is 11.5. The van der Waals surface area contributed by atoms with Gasteiger partial charge in [0, 0.05) is 31.5 Å². The zero-order valence-electron chi connectivity index (χ0n) is 18.3. The van der Waals surface area contributed by atoms with E-state index in [0.717, 1.165) is 30.8 Å². The maximum Gasteiger partial charge on any atom is 0.153 e. The summed E-state index contributed by atoms with van der Waals surface area (Å²) in [5.74, 6) is 1.10. The molecule has 4 rings (SSSR count). The normalized spacial score (nSPS) is 20.8. The Labute approximate surface area is 199 Å². The molecule has 0 bridgehead atoms. The van der Waals surface area contributed by atoms with E-state index in [1.54, 1.807) is 12.3 Å². The number of aromatic nitrogens is 1. The monoisotopic (exact) mass is 469 g/mol. The second kappa shape index (κ2) is 9.85. The van der Waals surface area contributed by atoms with Gasteiger partial charge in [-0.3, -0.25) is 15.4 Å². The molecule has 2 aromatic rings. The molecule has 1 unspecified atom stereocenters. The molecule has 2 aliphatic rings. The van der Waals surface area contributed by atoms with E-state index in [1.807, 2.05) is 53.5 Å². The molecule has 3 heterocycles. The third-order valence-electron chi connectivity index (χ3n) is 5.97. The highest BCUT2D eigenvalue weighted by molar-refractivity contribution is 7.80. The Morgan fingerprint density at radius 3 is 2.66 bits per heavy atom. The second-order valence-electron chi connectivity index (χ2n) is 8.12. The quantitative estimate of drug-likeness (QED) is 0.324. The van der Waals surface area contributed by atoms with Crippen molar-refractivity contribution in [2.45, 2.75) is 25.4 Å². The minimum atomic E-state index is 0.401. The highest BCUT2D eigenvalue weighted by atomic mass is 35.5. The van der Waals surface area contributed by atoms with E-state index in [9.17, 15) is 0 Å². The van der Waals surface area contributed by atoms with Gasteiger partial charge in [-0.1, -0.05) is 48.1 Å². The van der Waals surface area contributed by atoms with Crippen LogP contribution in [0.5, 0.6) is 0 Å². The van der Waals surface area contributed by atoms with E-state index < -0.39 is 0 Å². The van der Waals surface area contributed by atoms with Crippen molar-refractivity contribution < 1.29 is 0 Å². The van der Waals surface area contributed by atoms with Gasteiger partial charge in [-0.15, -0.1) is 0 Å². The summed E-state index contributed by atoms with van der Waals surface area (Å²) in [6.45, 7) is 2.36. The van der Waals surface area contributed by atoms with Gasteiger partial charge in [0.05, 0.1) is 12.1 Å². The molecule has 1 atom stereocenters. The van der Waals surface area contributed by atoms with Gasteiger partial charge in [-0.25, -0.2) is 4.98 Å². The minimum absolute atomic E-state index is 0.401. The van der Waals surface area contributed by atoms with Crippen LogP contribution in [-0.2, 0) is 6.54 Å². The number of nitrogens with one attached hydrogen (secondary N) is 3. The summed E-state index contributed by atoms with van der Waals surface area (Å²) >= 11 is 11.7. The largest absolute Gasteiger partial charge is 0.367 e. The molecule has 2 fully saturated rings. The van der Waals surface area contributed by atoms with Crippen molar-refractivity contribution in [1.82, 2.24) is 25.2 Å². The number of para-hydroxylation sites is 1. The lowest BCUT2D eigenvalue weighted by atomic mass is 10.2. The van der Waals surface area contributed by atoms with E-state index in [-0.39, 0.29) is 0 Å². The molecule has 1 aromatic heterocycles. The van der Waals surface area contributed by atoms with Crippen molar-refractivity contribution in [3.05, 3.63) is 70.8 Å². The van der Waals surface area contributed by atoms with Gasteiger partial charge in [0.2, 0.25) is 0 Å². The van der Waals surface area contributed by atoms with Gasteiger partial charge in [0.15, 0.2) is 5.84 Å². The van der Waals surface area contributed by atoms with Crippen molar-refractivity contribution >= 4 is 40.3 Å². The number of hydrogen-bond acceptors (Lipinski definition) is 6. The molecule has 168 valence electrons. The van der Waals surface area contributed by atoms with Crippen molar-refractivity contribution in [2.75, 3.05) is 32.5 Å². The number of hydrogen-bond donors (Lipinski definition) is 3. The Hall–Kier alpha value is -2.68. The lowest BCUT2D eigenvalue weighted by Gasteiger charge is -2.31. The Morgan fingerprint density at radius 2 is 2.00 bits per heavy atom. The fourth-order valence-corrected chi connectivity index (χ4v) is 4.47. The molecule has 9 heteroatoms. The van der Waals surface area contributed by atoms with E-state index in [4.69, 9.17) is 29.2 Å². The number of anilines is 1. The Balaban J connectivity index is 1.62. The molecule has 2 aliphatic heterocycles. The number of benzene rings is 1. The first-order chi connectivity index (χ1) is 15.4. The van der Waals surface area contributed by atoms with Crippen molar-refractivity contribution in [3.8, 4) is 0 Å². The molecule has 0 radical (unpaired) electrons. The van der Waals surface area contributed by atoms with Gasteiger partial charge >= 0.3 is 0 Å². The number of thiocarbonyl (C=S) groups is 1. The number of likely N-dealkylation sites (N-methyl/N-ethyl adjacent to an activating group) is 2. The van der Waals surface area contributed by atoms with Crippen LogP contribution in [-0.4, -0.2) is 64.0 Å². The summed E-state index contributed by atoms with van der Waals surface area (Å²) < 4.78 is 0. The van der Waals surface area contributed by atoms with E-state index in [0.29, 0.717) is 40.0 Å². The predicted molar refractivity (Wildman–Crippen MR) is 134 cm³/mol. The fraction of sp³-hybridized carbons (Fsp3) is 0.348. The summed E-state index contributed by atoms with van der Waals surface area (Å²) in [5.41, 5.74) is 2.59. The molecule has 32 heavy (non-hydrogen) atoms. The minimum Gasteiger partial charge on any atom is -0.367 e. The molecule has 1 aromatic carbocycles. The summed E-state index contributed by atoms with van der Waals surface area (Å²) in [4.78, 5) is 7.14. The van der Waals surface area contributed by atoms with Crippen LogP contribution in [0.2, 0.25) is 5.15 Å². The average Bonchev–Trinajstić information content (AvgIpc) is 3.29. The number of nitrogens with zero attached hydrogens (tertiary/aromatic N) is 4. The second-order valence-corrected chi connectivity index (χ2v) is 8.89. The van der Waals surface area contributed by atoms with Crippen molar-refractivity contribution in [2.24, 2.45) is 0 Å². The maximum absolute atomic E-state index is 8.97. The van der Waals surface area contributed by atoms with E-state index in [2.05, 4.69) is 27.6 Å². The Bertz CT molecular complexity index is 1010. The predicted octanol–water partition coefficient (Wildman–Crippen LogP) is 3.71. The molecular formula is C23H28ClN7S. The first-order valence-electron chi connectivity index (χ1n) is 10.7. The summed E-state index contributed by atoms with van der Waals surface area (Å²) in [5, 5.41) is 20.2. The Morgan fingerprint density at radius 1 is 1.22 bits per heavy atom. The summed E-state index contributed by atoms with van der Waals surface area (Å²) in [6.07, 6.45) is 4.07. The number of pyridine rings is 1. The summed E-state index contributed by atoms with van der Waals surface area (Å²) in [6, 6.07) is 14.0. The van der Waals surface area contributed by atoms with Crippen LogP contribution in [0, 0.1) is 5.41 Å². The lowest BCUT2D eigenvalue weighted by Crippen LogP contribution is -2.45. The molecular weight excluding hydrogens is 442 g/mol. The molecule has 2 saturated heterocycles. The highest BCUT2D eigenvalue weighted by Crippen LogP contribution is 2.26. The third-order valence-corrected chi connectivity index (χ3v) is 6.66. The topological polar surface area (TPSA) is 70.5 Å². The number of amidine groups is 1. The number of likely N-dealkylation sites (tertiary alicyclic amines) is 1. The van der Waals surface area contributed by atoms with Crippen LogP contribution < -0.4 is 10.6 Å². The van der Waals surface area contributed by atoms with Crippen LogP contribution in [0.1, 0.15) is 18.4 Å². The third kappa shape index (κ3) is 4.87. The Kier molecular flexibility index (Phi) is 6.93. The van der Waals surface area contributed by atoms with E-state index in [1.165, 1.54) is 6.42 Å².